The lowest BCUT2D eigenvalue weighted by Crippen LogP contribution is -2.09. The van der Waals surface area contributed by atoms with Crippen LogP contribution in [-0.2, 0) is 0 Å². The number of aryl methyl sites for hydroxylation is 1. The molecule has 8 heteroatoms. The monoisotopic (exact) mass is 402 g/mol. The number of carbonyl (C=O) groups is 1. The van der Waals surface area contributed by atoms with E-state index in [1.807, 2.05) is 12.1 Å². The van der Waals surface area contributed by atoms with E-state index in [0.717, 1.165) is 5.56 Å². The number of halogens is 1. The topological polar surface area (TPSA) is 93.3 Å². The van der Waals surface area contributed by atoms with Crippen LogP contribution in [0.3, 0.4) is 0 Å². The first-order chi connectivity index (χ1) is 12.9. The number of aliphatic hydroxyl groups excluding tert-OH is 1. The number of hydrogen-bond donors (Lipinski definition) is 1. The van der Waals surface area contributed by atoms with Crippen LogP contribution in [0.25, 0.3) is 10.6 Å². The van der Waals surface area contributed by atoms with Gasteiger partial charge in [0.25, 0.3) is 5.69 Å². The molecule has 2 aromatic carbocycles. The van der Waals surface area contributed by atoms with E-state index in [0.29, 0.717) is 20.6 Å². The Labute approximate surface area is 164 Å². The Morgan fingerprint density at radius 1 is 1.26 bits per heavy atom. The van der Waals surface area contributed by atoms with E-state index in [9.17, 15) is 20.0 Å². The Morgan fingerprint density at radius 2 is 1.93 bits per heavy atom. The highest BCUT2D eigenvalue weighted by Crippen LogP contribution is 2.32. The molecule has 0 amide bonds. The normalized spacial score (nSPS) is 12.0. The molecule has 0 aliphatic rings. The number of hydrogen-bond acceptors (Lipinski definition) is 6. The first-order valence-electron chi connectivity index (χ1n) is 8.04. The van der Waals surface area contributed by atoms with Crippen LogP contribution in [0.2, 0.25) is 5.02 Å². The van der Waals surface area contributed by atoms with Crippen molar-refractivity contribution in [3.05, 3.63) is 79.8 Å². The van der Waals surface area contributed by atoms with E-state index in [4.69, 9.17) is 11.6 Å². The molecule has 1 N–H and O–H groups in total. The van der Waals surface area contributed by atoms with Crippen LogP contribution < -0.4 is 0 Å². The van der Waals surface area contributed by atoms with Crippen molar-refractivity contribution in [2.45, 2.75) is 19.4 Å². The molecule has 1 atom stereocenters. The van der Waals surface area contributed by atoms with Crippen LogP contribution in [0.5, 0.6) is 0 Å². The zero-order valence-electron chi connectivity index (χ0n) is 14.3. The fourth-order valence-corrected chi connectivity index (χ4v) is 3.83. The van der Waals surface area contributed by atoms with Crippen molar-refractivity contribution in [2.75, 3.05) is 0 Å². The Morgan fingerprint density at radius 3 is 2.59 bits per heavy atom. The van der Waals surface area contributed by atoms with Crippen LogP contribution in [0.1, 0.15) is 33.5 Å². The lowest BCUT2D eigenvalue weighted by atomic mass is 10.0. The minimum Gasteiger partial charge on any atom is -0.388 e. The number of rotatable bonds is 6. The third-order valence-electron chi connectivity index (χ3n) is 4.01. The number of benzene rings is 2. The van der Waals surface area contributed by atoms with Crippen molar-refractivity contribution in [2.24, 2.45) is 0 Å². The molecule has 1 aromatic heterocycles. The maximum Gasteiger partial charge on any atom is 0.275 e. The molecule has 0 saturated heterocycles. The van der Waals surface area contributed by atoms with Gasteiger partial charge in [-0.15, -0.1) is 11.3 Å². The van der Waals surface area contributed by atoms with Crippen molar-refractivity contribution in [1.82, 2.24) is 4.98 Å². The van der Waals surface area contributed by atoms with E-state index < -0.39 is 11.0 Å². The number of nitro groups is 1. The van der Waals surface area contributed by atoms with E-state index in [-0.39, 0.29) is 23.5 Å². The second-order valence-electron chi connectivity index (χ2n) is 5.90. The number of thiazole rings is 1. The Balaban J connectivity index is 1.83. The molecule has 0 fully saturated rings. The third-order valence-corrected chi connectivity index (χ3v) is 5.51. The lowest BCUT2D eigenvalue weighted by molar-refractivity contribution is -0.386. The van der Waals surface area contributed by atoms with Gasteiger partial charge in [-0.3, -0.25) is 14.9 Å². The van der Waals surface area contributed by atoms with E-state index >= 15 is 0 Å². The van der Waals surface area contributed by atoms with E-state index in [2.05, 4.69) is 4.98 Å². The summed E-state index contributed by atoms with van der Waals surface area (Å²) in [6, 6.07) is 13.0. The first-order valence-corrected chi connectivity index (χ1v) is 9.24. The van der Waals surface area contributed by atoms with Crippen molar-refractivity contribution in [1.29, 1.82) is 0 Å². The Bertz CT molecular complexity index is 1000. The number of nitro benzene ring substituents is 1. The molecule has 0 aliphatic carbocycles. The number of nitrogens with zero attached hydrogens (tertiary/aromatic N) is 2. The molecular formula is C19H15ClN2O4S. The van der Waals surface area contributed by atoms with Gasteiger partial charge in [-0.25, -0.2) is 4.98 Å². The molecule has 0 radical (unpaired) electrons. The first kappa shape index (κ1) is 19.2. The minimum atomic E-state index is -1.26. The van der Waals surface area contributed by atoms with Gasteiger partial charge in [-0.1, -0.05) is 35.9 Å². The smallest absolute Gasteiger partial charge is 0.275 e. The van der Waals surface area contributed by atoms with Crippen LogP contribution in [0, 0.1) is 17.0 Å². The Hall–Kier alpha value is -2.61. The number of aromatic nitrogens is 1. The SMILES string of the molecule is Cc1nc(-c2ccc(Cl)cc2)sc1C(=O)C[C@@H](O)c1ccccc1[N+](=O)[O-]. The molecule has 0 unspecified atom stereocenters. The molecule has 6 nitrogen and oxygen atoms in total. The van der Waals surface area contributed by atoms with Gasteiger partial charge in [0.05, 0.1) is 27.2 Å². The summed E-state index contributed by atoms with van der Waals surface area (Å²) >= 11 is 7.12. The fourth-order valence-electron chi connectivity index (χ4n) is 2.68. The van der Waals surface area contributed by atoms with Crippen molar-refractivity contribution in [3.8, 4) is 10.6 Å². The zero-order chi connectivity index (χ0) is 19.6. The summed E-state index contributed by atoms with van der Waals surface area (Å²) in [5.41, 5.74) is 1.31. The molecule has 27 heavy (non-hydrogen) atoms. The highest BCUT2D eigenvalue weighted by atomic mass is 35.5. The standard InChI is InChI=1S/C19H15ClN2O4S/c1-11-18(27-19(21-11)12-6-8-13(20)9-7-12)17(24)10-16(23)14-4-2-3-5-15(14)22(25)26/h2-9,16,23H,10H2,1H3/t16-/m1/s1. The van der Waals surface area contributed by atoms with Crippen LogP contribution in [-0.4, -0.2) is 20.8 Å². The minimum absolute atomic E-state index is 0.121. The summed E-state index contributed by atoms with van der Waals surface area (Å²) in [5.74, 6) is -0.309. The second kappa shape index (κ2) is 7.96. The maximum atomic E-state index is 12.6. The van der Waals surface area contributed by atoms with Crippen LogP contribution >= 0.6 is 22.9 Å². The van der Waals surface area contributed by atoms with Gasteiger partial charge in [0.1, 0.15) is 5.01 Å². The number of Topliss-reactive ketones (excluding diaryl/α,β-unsaturated/α-hetero) is 1. The summed E-state index contributed by atoms with van der Waals surface area (Å²) in [6.07, 6.45) is -1.52. The number of ketones is 1. The summed E-state index contributed by atoms with van der Waals surface area (Å²) < 4.78 is 0. The average molecular weight is 403 g/mol. The van der Waals surface area contributed by atoms with Crippen molar-refractivity contribution in [3.63, 3.8) is 0 Å². The maximum absolute atomic E-state index is 12.6. The second-order valence-corrected chi connectivity index (χ2v) is 7.33. The molecule has 0 saturated carbocycles. The summed E-state index contributed by atoms with van der Waals surface area (Å²) in [4.78, 5) is 28.0. The van der Waals surface area contributed by atoms with Gasteiger partial charge in [0.15, 0.2) is 5.78 Å². The molecule has 0 bridgehead atoms. The molecule has 3 aromatic rings. The van der Waals surface area contributed by atoms with E-state index in [1.54, 1.807) is 25.1 Å². The number of carbonyl (C=O) groups excluding carboxylic acids is 1. The molecule has 138 valence electrons. The van der Waals surface area contributed by atoms with Gasteiger partial charge in [-0.05, 0) is 25.1 Å². The van der Waals surface area contributed by atoms with E-state index in [1.165, 1.54) is 29.5 Å². The molecule has 3 rings (SSSR count). The fraction of sp³-hybridized carbons (Fsp3) is 0.158. The van der Waals surface area contributed by atoms with Crippen molar-refractivity contribution < 1.29 is 14.8 Å². The van der Waals surface area contributed by atoms with Crippen molar-refractivity contribution >= 4 is 34.4 Å². The quantitative estimate of drug-likeness (QED) is 0.356. The number of para-hydroxylation sites is 1. The van der Waals surface area contributed by atoms with Gasteiger partial charge < -0.3 is 5.11 Å². The summed E-state index contributed by atoms with van der Waals surface area (Å²) in [7, 11) is 0. The largest absolute Gasteiger partial charge is 0.388 e. The highest BCUT2D eigenvalue weighted by molar-refractivity contribution is 7.17. The number of aliphatic hydroxyl groups is 1. The predicted octanol–water partition coefficient (Wildman–Crippen LogP) is 4.99. The van der Waals surface area contributed by atoms with Gasteiger partial charge in [-0.2, -0.15) is 0 Å². The molecule has 0 aliphatic heterocycles. The Kier molecular flexibility index (Phi) is 5.65. The van der Waals surface area contributed by atoms with Gasteiger partial charge in [0.2, 0.25) is 0 Å². The lowest BCUT2D eigenvalue weighted by Gasteiger charge is -2.10. The van der Waals surface area contributed by atoms with Gasteiger partial charge in [0, 0.05) is 23.1 Å². The molecular weight excluding hydrogens is 388 g/mol. The van der Waals surface area contributed by atoms with Crippen LogP contribution in [0.15, 0.2) is 48.5 Å². The predicted molar refractivity (Wildman–Crippen MR) is 104 cm³/mol. The summed E-state index contributed by atoms with van der Waals surface area (Å²) in [6.45, 7) is 1.72. The molecule has 1 heterocycles. The zero-order valence-corrected chi connectivity index (χ0v) is 15.8. The van der Waals surface area contributed by atoms with Crippen LogP contribution in [0.4, 0.5) is 5.69 Å². The highest BCUT2D eigenvalue weighted by Gasteiger charge is 2.24. The average Bonchev–Trinajstić information content (AvgIpc) is 3.04. The van der Waals surface area contributed by atoms with Gasteiger partial charge >= 0.3 is 0 Å². The summed E-state index contributed by atoms with van der Waals surface area (Å²) in [5, 5.41) is 22.8. The third kappa shape index (κ3) is 4.21. The molecule has 0 spiro atoms.